The molecule has 0 radical (unpaired) electrons. The minimum absolute atomic E-state index is 0.0457. The van der Waals surface area contributed by atoms with Gasteiger partial charge >= 0.3 is 0 Å². The van der Waals surface area contributed by atoms with Gasteiger partial charge in [0.1, 0.15) is 11.6 Å². The molecular formula is C14H19F2NO3. The van der Waals surface area contributed by atoms with E-state index in [9.17, 15) is 13.6 Å². The topological polar surface area (TPSA) is 58.6 Å². The summed E-state index contributed by atoms with van der Waals surface area (Å²) in [6, 6.07) is 3.52. The zero-order chi connectivity index (χ0) is 15.0. The summed E-state index contributed by atoms with van der Waals surface area (Å²) in [6.07, 6.45) is 0.568. The zero-order valence-corrected chi connectivity index (χ0v) is 11.4. The molecule has 0 heterocycles. The van der Waals surface area contributed by atoms with Gasteiger partial charge in [-0.1, -0.05) is 6.07 Å². The number of aliphatic hydroxyl groups is 1. The first-order chi connectivity index (χ1) is 9.57. The van der Waals surface area contributed by atoms with Crippen molar-refractivity contribution in [1.82, 2.24) is 5.32 Å². The van der Waals surface area contributed by atoms with Crippen LogP contribution in [0, 0.1) is 11.6 Å². The number of halogens is 2. The van der Waals surface area contributed by atoms with Gasteiger partial charge in [0.2, 0.25) is 5.91 Å². The first-order valence-corrected chi connectivity index (χ1v) is 6.48. The van der Waals surface area contributed by atoms with Crippen LogP contribution in [0.3, 0.4) is 0 Å². The maximum Gasteiger partial charge on any atom is 0.227 e. The molecule has 0 aliphatic rings. The van der Waals surface area contributed by atoms with E-state index in [2.05, 4.69) is 5.32 Å². The van der Waals surface area contributed by atoms with Gasteiger partial charge in [0.05, 0.1) is 19.1 Å². The lowest BCUT2D eigenvalue weighted by Gasteiger charge is -2.14. The van der Waals surface area contributed by atoms with Crippen molar-refractivity contribution in [3.05, 3.63) is 35.4 Å². The van der Waals surface area contributed by atoms with E-state index in [0.717, 1.165) is 12.1 Å². The predicted octanol–water partition coefficient (Wildman–Crippen LogP) is 1.58. The van der Waals surface area contributed by atoms with Crippen LogP contribution in [0.4, 0.5) is 8.78 Å². The van der Waals surface area contributed by atoms with Crippen LogP contribution < -0.4 is 5.32 Å². The quantitative estimate of drug-likeness (QED) is 0.714. The molecule has 1 amide bonds. The predicted molar refractivity (Wildman–Crippen MR) is 70.3 cm³/mol. The van der Waals surface area contributed by atoms with Crippen molar-refractivity contribution < 1.29 is 23.4 Å². The van der Waals surface area contributed by atoms with Crippen molar-refractivity contribution in [3.8, 4) is 0 Å². The first kappa shape index (κ1) is 16.5. The third-order valence-electron chi connectivity index (χ3n) is 2.83. The number of hydrogen-bond donors (Lipinski definition) is 2. The van der Waals surface area contributed by atoms with Crippen molar-refractivity contribution in [1.29, 1.82) is 0 Å². The summed E-state index contributed by atoms with van der Waals surface area (Å²) in [5, 5.41) is 11.1. The number of carbonyl (C=O) groups excluding carboxylic acids is 1. The second-order valence-electron chi connectivity index (χ2n) is 4.34. The molecular weight excluding hydrogens is 268 g/mol. The van der Waals surface area contributed by atoms with Crippen LogP contribution in [-0.2, 0) is 9.53 Å². The highest BCUT2D eigenvalue weighted by Gasteiger charge is 2.21. The Morgan fingerprint density at radius 2 is 2.00 bits per heavy atom. The number of aliphatic hydroxyl groups excluding tert-OH is 1. The molecule has 0 aliphatic heterocycles. The van der Waals surface area contributed by atoms with Crippen LogP contribution in [-0.4, -0.2) is 37.4 Å². The van der Waals surface area contributed by atoms with E-state index in [1.54, 1.807) is 0 Å². The molecule has 4 nitrogen and oxygen atoms in total. The number of rotatable bonds is 8. The Balaban J connectivity index is 2.43. The number of nitrogens with one attached hydrogen (secondary N) is 1. The lowest BCUT2D eigenvalue weighted by molar-refractivity contribution is -0.122. The number of ether oxygens (including phenoxy) is 1. The monoisotopic (exact) mass is 287 g/mol. The maximum absolute atomic E-state index is 13.5. The standard InChI is InChI=1S/C14H19F2NO3/c1-10(13-11(15)4-2-5-12(13)16)14(19)17-6-3-8-20-9-7-18/h2,4-5,10,18H,3,6-9H2,1H3,(H,17,19). The smallest absolute Gasteiger partial charge is 0.227 e. The highest BCUT2D eigenvalue weighted by atomic mass is 19.1. The third kappa shape index (κ3) is 4.86. The van der Waals surface area contributed by atoms with Gasteiger partial charge in [-0.25, -0.2) is 8.78 Å². The fraction of sp³-hybridized carbons (Fsp3) is 0.500. The average molecular weight is 287 g/mol. The average Bonchev–Trinajstić information content (AvgIpc) is 2.42. The molecule has 112 valence electrons. The lowest BCUT2D eigenvalue weighted by Crippen LogP contribution is -2.30. The Morgan fingerprint density at radius 1 is 1.35 bits per heavy atom. The van der Waals surface area contributed by atoms with E-state index in [4.69, 9.17) is 9.84 Å². The molecule has 0 bridgehead atoms. The van der Waals surface area contributed by atoms with Gasteiger partial charge in [-0.05, 0) is 25.5 Å². The van der Waals surface area contributed by atoms with Crippen molar-refractivity contribution in [2.45, 2.75) is 19.3 Å². The number of hydrogen-bond acceptors (Lipinski definition) is 3. The van der Waals surface area contributed by atoms with E-state index in [1.807, 2.05) is 0 Å². The Kier molecular flexibility index (Phi) is 7.11. The fourth-order valence-corrected chi connectivity index (χ4v) is 1.76. The van der Waals surface area contributed by atoms with Gasteiger partial charge in [-0.2, -0.15) is 0 Å². The third-order valence-corrected chi connectivity index (χ3v) is 2.83. The molecule has 0 spiro atoms. The van der Waals surface area contributed by atoms with Gasteiger partial charge in [-0.15, -0.1) is 0 Å². The van der Waals surface area contributed by atoms with E-state index >= 15 is 0 Å². The molecule has 6 heteroatoms. The maximum atomic E-state index is 13.5. The molecule has 2 N–H and O–H groups in total. The molecule has 0 saturated heterocycles. The Hall–Kier alpha value is -1.53. The lowest BCUT2D eigenvalue weighted by atomic mass is 9.99. The molecule has 0 fully saturated rings. The molecule has 0 aliphatic carbocycles. The van der Waals surface area contributed by atoms with Gasteiger partial charge in [0, 0.05) is 18.7 Å². The van der Waals surface area contributed by atoms with Crippen molar-refractivity contribution in [2.75, 3.05) is 26.4 Å². The van der Waals surface area contributed by atoms with E-state index in [-0.39, 0.29) is 18.8 Å². The zero-order valence-electron chi connectivity index (χ0n) is 11.4. The number of amides is 1. The largest absolute Gasteiger partial charge is 0.394 e. The molecule has 0 aromatic heterocycles. The summed E-state index contributed by atoms with van der Waals surface area (Å²) in [6.45, 7) is 2.42. The van der Waals surface area contributed by atoms with Crippen LogP contribution in [0.25, 0.3) is 0 Å². The molecule has 1 rings (SSSR count). The van der Waals surface area contributed by atoms with Gasteiger partial charge in [0.25, 0.3) is 0 Å². The van der Waals surface area contributed by atoms with E-state index < -0.39 is 23.5 Å². The van der Waals surface area contributed by atoms with Crippen LogP contribution in [0.5, 0.6) is 0 Å². The van der Waals surface area contributed by atoms with Crippen molar-refractivity contribution >= 4 is 5.91 Å². The highest BCUT2D eigenvalue weighted by Crippen LogP contribution is 2.22. The summed E-state index contributed by atoms with van der Waals surface area (Å²) in [7, 11) is 0. The van der Waals surface area contributed by atoms with Gasteiger partial charge < -0.3 is 15.2 Å². The van der Waals surface area contributed by atoms with Crippen LogP contribution in [0.2, 0.25) is 0 Å². The van der Waals surface area contributed by atoms with Crippen molar-refractivity contribution in [3.63, 3.8) is 0 Å². The fourth-order valence-electron chi connectivity index (χ4n) is 1.76. The molecule has 1 aromatic carbocycles. The van der Waals surface area contributed by atoms with Crippen molar-refractivity contribution in [2.24, 2.45) is 0 Å². The van der Waals surface area contributed by atoms with Gasteiger partial charge in [-0.3, -0.25) is 4.79 Å². The number of carbonyl (C=O) groups is 1. The summed E-state index contributed by atoms with van der Waals surface area (Å²) < 4.78 is 32.1. The van der Waals surface area contributed by atoms with E-state index in [1.165, 1.54) is 13.0 Å². The summed E-state index contributed by atoms with van der Waals surface area (Å²) in [5.41, 5.74) is -0.221. The second kappa shape index (κ2) is 8.60. The number of benzene rings is 1. The summed E-state index contributed by atoms with van der Waals surface area (Å²) in [4.78, 5) is 11.8. The molecule has 1 atom stereocenters. The van der Waals surface area contributed by atoms with Crippen LogP contribution >= 0.6 is 0 Å². The SMILES string of the molecule is CC(C(=O)NCCCOCCO)c1c(F)cccc1F. The molecule has 20 heavy (non-hydrogen) atoms. The van der Waals surface area contributed by atoms with Gasteiger partial charge in [0.15, 0.2) is 0 Å². The Bertz CT molecular complexity index is 420. The van der Waals surface area contributed by atoms with Crippen LogP contribution in [0.15, 0.2) is 18.2 Å². The van der Waals surface area contributed by atoms with Crippen LogP contribution in [0.1, 0.15) is 24.8 Å². The normalized spacial score (nSPS) is 12.2. The molecule has 0 saturated carbocycles. The molecule has 1 unspecified atom stereocenters. The first-order valence-electron chi connectivity index (χ1n) is 6.48. The summed E-state index contributed by atoms with van der Waals surface area (Å²) >= 11 is 0. The summed E-state index contributed by atoms with van der Waals surface area (Å²) in [5.74, 6) is -2.77. The second-order valence-corrected chi connectivity index (χ2v) is 4.34. The highest BCUT2D eigenvalue weighted by molar-refractivity contribution is 5.83. The molecule has 1 aromatic rings. The Morgan fingerprint density at radius 3 is 2.60 bits per heavy atom. The minimum atomic E-state index is -0.894. The Labute approximate surface area is 116 Å². The minimum Gasteiger partial charge on any atom is -0.394 e. The van der Waals surface area contributed by atoms with E-state index in [0.29, 0.717) is 19.6 Å².